The molecule has 2 aromatic heterocycles. The van der Waals surface area contributed by atoms with Crippen LogP contribution in [0.2, 0.25) is 0 Å². The fourth-order valence-corrected chi connectivity index (χ4v) is 4.49. The summed E-state index contributed by atoms with van der Waals surface area (Å²) < 4.78 is 21.0. The molecule has 0 aliphatic carbocycles. The highest BCUT2D eigenvalue weighted by atomic mass is 32.2. The highest BCUT2D eigenvalue weighted by Gasteiger charge is 2.26. The molecule has 1 aliphatic heterocycles. The van der Waals surface area contributed by atoms with Gasteiger partial charge in [-0.25, -0.2) is 4.39 Å². The van der Waals surface area contributed by atoms with Gasteiger partial charge in [-0.2, -0.15) is 4.98 Å². The van der Waals surface area contributed by atoms with Gasteiger partial charge >= 0.3 is 0 Å². The quantitative estimate of drug-likeness (QED) is 0.499. The van der Waals surface area contributed by atoms with Crippen molar-refractivity contribution in [2.45, 2.75) is 69.3 Å². The van der Waals surface area contributed by atoms with Crippen LogP contribution in [0, 0.1) is 5.82 Å². The molecule has 166 valence electrons. The first-order valence-corrected chi connectivity index (χ1v) is 11.7. The minimum atomic E-state index is -0.266. The van der Waals surface area contributed by atoms with Crippen molar-refractivity contribution in [2.24, 2.45) is 0 Å². The number of hydrogen-bond acceptors (Lipinski definition) is 7. The lowest BCUT2D eigenvalue weighted by Gasteiger charge is -2.31. The van der Waals surface area contributed by atoms with Crippen molar-refractivity contribution in [1.82, 2.24) is 29.8 Å². The summed E-state index contributed by atoms with van der Waals surface area (Å²) in [7, 11) is 0. The van der Waals surface area contributed by atoms with E-state index in [0.717, 1.165) is 29.8 Å². The van der Waals surface area contributed by atoms with Crippen molar-refractivity contribution in [3.63, 3.8) is 0 Å². The zero-order valence-electron chi connectivity index (χ0n) is 18.5. The smallest absolute Gasteiger partial charge is 0.237 e. The van der Waals surface area contributed by atoms with Crippen LogP contribution in [0.25, 0.3) is 5.69 Å². The lowest BCUT2D eigenvalue weighted by Crippen LogP contribution is -2.33. The number of halogens is 1. The summed E-state index contributed by atoms with van der Waals surface area (Å²) in [4.78, 5) is 6.95. The van der Waals surface area contributed by atoms with E-state index in [1.165, 1.54) is 43.2 Å². The summed E-state index contributed by atoms with van der Waals surface area (Å²) in [6.45, 7) is 10.4. The van der Waals surface area contributed by atoms with Crippen LogP contribution in [-0.2, 0) is 11.2 Å². The third-order valence-electron chi connectivity index (χ3n) is 5.52. The van der Waals surface area contributed by atoms with Crippen LogP contribution in [0.1, 0.15) is 70.5 Å². The number of hydrogen-bond donors (Lipinski definition) is 0. The molecule has 9 heteroatoms. The molecule has 0 spiro atoms. The molecule has 1 aromatic carbocycles. The first kappa shape index (κ1) is 22.0. The molecule has 0 amide bonds. The van der Waals surface area contributed by atoms with E-state index in [2.05, 4.69) is 32.2 Å². The molecule has 7 nitrogen and oxygen atoms in total. The van der Waals surface area contributed by atoms with Gasteiger partial charge in [0.1, 0.15) is 5.82 Å². The topological polar surface area (TPSA) is 72.9 Å². The van der Waals surface area contributed by atoms with Gasteiger partial charge in [-0.15, -0.1) is 10.2 Å². The van der Waals surface area contributed by atoms with Gasteiger partial charge in [0.05, 0.1) is 11.8 Å². The molecule has 1 aliphatic rings. The molecule has 0 radical (unpaired) electrons. The Balaban J connectivity index is 1.61. The molecule has 3 aromatic rings. The average Bonchev–Trinajstić information content (AvgIpc) is 3.40. The molecule has 1 saturated heterocycles. The standard InChI is InChI=1S/C22H29FN6OS/c1-15(28-12-6-5-7-13-28)19-25-26-21(29(19)17-10-8-16(23)9-11-17)31-14-18-24-20(27-30-18)22(2,3)4/h8-11,15H,5-7,12-14H2,1-4H3/t15-/m0/s1. The van der Waals surface area contributed by atoms with Crippen LogP contribution in [0.3, 0.4) is 0 Å². The second-order valence-electron chi connectivity index (χ2n) is 8.98. The second kappa shape index (κ2) is 9.08. The third kappa shape index (κ3) is 4.98. The van der Waals surface area contributed by atoms with Crippen LogP contribution in [-0.4, -0.2) is 42.9 Å². The molecule has 0 bridgehead atoms. The zero-order chi connectivity index (χ0) is 22.0. The number of piperidine rings is 1. The summed E-state index contributed by atoms with van der Waals surface area (Å²) in [5, 5.41) is 13.8. The van der Waals surface area contributed by atoms with Crippen LogP contribution in [0.15, 0.2) is 33.9 Å². The van der Waals surface area contributed by atoms with Gasteiger partial charge in [0.25, 0.3) is 0 Å². The maximum atomic E-state index is 13.6. The first-order valence-electron chi connectivity index (χ1n) is 10.7. The summed E-state index contributed by atoms with van der Waals surface area (Å²) in [6.07, 6.45) is 3.67. The Morgan fingerprint density at radius 1 is 1.10 bits per heavy atom. The van der Waals surface area contributed by atoms with Crippen molar-refractivity contribution in [1.29, 1.82) is 0 Å². The number of thioether (sulfide) groups is 1. The molecule has 0 saturated carbocycles. The van der Waals surface area contributed by atoms with Gasteiger partial charge in [0.15, 0.2) is 16.8 Å². The van der Waals surface area contributed by atoms with E-state index >= 15 is 0 Å². The van der Waals surface area contributed by atoms with E-state index in [9.17, 15) is 4.39 Å². The van der Waals surface area contributed by atoms with E-state index in [-0.39, 0.29) is 17.3 Å². The van der Waals surface area contributed by atoms with Crippen molar-refractivity contribution < 1.29 is 8.91 Å². The SMILES string of the molecule is C[C@@H](c1nnc(SCc2nc(C(C)(C)C)no2)n1-c1ccc(F)cc1)N1CCCCC1. The third-order valence-corrected chi connectivity index (χ3v) is 6.43. The van der Waals surface area contributed by atoms with E-state index in [1.54, 1.807) is 12.1 Å². The van der Waals surface area contributed by atoms with Crippen molar-refractivity contribution in [3.05, 3.63) is 47.6 Å². The predicted molar refractivity (Wildman–Crippen MR) is 118 cm³/mol. The number of rotatable bonds is 6. The fourth-order valence-electron chi connectivity index (χ4n) is 3.69. The van der Waals surface area contributed by atoms with Crippen molar-refractivity contribution in [2.75, 3.05) is 13.1 Å². The van der Waals surface area contributed by atoms with Gasteiger partial charge in [-0.05, 0) is 57.1 Å². The first-order chi connectivity index (χ1) is 14.8. The normalized spacial score (nSPS) is 16.5. The number of aromatic nitrogens is 5. The van der Waals surface area contributed by atoms with E-state index in [4.69, 9.17) is 4.52 Å². The minimum absolute atomic E-state index is 0.114. The molecule has 0 N–H and O–H groups in total. The Morgan fingerprint density at radius 3 is 2.45 bits per heavy atom. The van der Waals surface area contributed by atoms with E-state index in [1.807, 2.05) is 25.3 Å². The van der Waals surface area contributed by atoms with Crippen molar-refractivity contribution >= 4 is 11.8 Å². The molecule has 0 unspecified atom stereocenters. The second-order valence-corrected chi connectivity index (χ2v) is 9.92. The maximum absolute atomic E-state index is 13.6. The van der Waals surface area contributed by atoms with E-state index < -0.39 is 0 Å². The molecular formula is C22H29FN6OS. The Hall–Kier alpha value is -2.26. The minimum Gasteiger partial charge on any atom is -0.338 e. The highest BCUT2D eigenvalue weighted by Crippen LogP contribution is 2.31. The Labute approximate surface area is 186 Å². The van der Waals surface area contributed by atoms with E-state index in [0.29, 0.717) is 17.5 Å². The summed E-state index contributed by atoms with van der Waals surface area (Å²) in [6, 6.07) is 6.57. The van der Waals surface area contributed by atoms with Crippen LogP contribution in [0.4, 0.5) is 4.39 Å². The lowest BCUT2D eigenvalue weighted by molar-refractivity contribution is 0.167. The summed E-state index contributed by atoms with van der Waals surface area (Å²) >= 11 is 1.49. The Bertz CT molecular complexity index is 1000. The molecule has 3 heterocycles. The predicted octanol–water partition coefficient (Wildman–Crippen LogP) is 4.93. The summed E-state index contributed by atoms with van der Waals surface area (Å²) in [5.41, 5.74) is 0.672. The van der Waals surface area contributed by atoms with Gasteiger partial charge < -0.3 is 4.52 Å². The largest absolute Gasteiger partial charge is 0.338 e. The van der Waals surface area contributed by atoms with Crippen molar-refractivity contribution in [3.8, 4) is 5.69 Å². The summed E-state index contributed by atoms with van der Waals surface area (Å²) in [5.74, 6) is 2.31. The van der Waals surface area contributed by atoms with Crippen LogP contribution < -0.4 is 0 Å². The maximum Gasteiger partial charge on any atom is 0.237 e. The number of likely N-dealkylation sites (tertiary alicyclic amines) is 1. The zero-order valence-corrected chi connectivity index (χ0v) is 19.3. The molecule has 1 fully saturated rings. The Morgan fingerprint density at radius 2 is 1.81 bits per heavy atom. The van der Waals surface area contributed by atoms with Crippen LogP contribution in [0.5, 0.6) is 0 Å². The highest BCUT2D eigenvalue weighted by molar-refractivity contribution is 7.98. The molecule has 4 rings (SSSR count). The number of nitrogens with zero attached hydrogens (tertiary/aromatic N) is 6. The van der Waals surface area contributed by atoms with Crippen LogP contribution >= 0.6 is 11.8 Å². The number of benzene rings is 1. The Kier molecular flexibility index (Phi) is 6.43. The van der Waals surface area contributed by atoms with Gasteiger partial charge in [-0.1, -0.05) is 44.1 Å². The van der Waals surface area contributed by atoms with Gasteiger partial charge in [-0.3, -0.25) is 9.47 Å². The lowest BCUT2D eigenvalue weighted by atomic mass is 9.96. The van der Waals surface area contributed by atoms with Gasteiger partial charge in [0, 0.05) is 11.1 Å². The molecule has 1 atom stereocenters. The van der Waals surface area contributed by atoms with Gasteiger partial charge in [0.2, 0.25) is 5.89 Å². The average molecular weight is 445 g/mol. The molecule has 31 heavy (non-hydrogen) atoms. The monoisotopic (exact) mass is 444 g/mol. The fraction of sp³-hybridized carbons (Fsp3) is 0.545. The molecular weight excluding hydrogens is 415 g/mol.